The average molecular weight is 300 g/mol. The number of aryl methyl sites for hydroxylation is 2. The molecule has 1 aromatic heterocycles. The molecule has 1 aliphatic heterocycles. The van der Waals surface area contributed by atoms with E-state index in [0.29, 0.717) is 19.7 Å². The highest BCUT2D eigenvalue weighted by molar-refractivity contribution is 5.91. The first kappa shape index (κ1) is 14.4. The summed E-state index contributed by atoms with van der Waals surface area (Å²) < 4.78 is 6.92. The molecule has 0 bridgehead atoms. The van der Waals surface area contributed by atoms with Crippen LogP contribution in [-0.4, -0.2) is 29.0 Å². The van der Waals surface area contributed by atoms with Crippen molar-refractivity contribution in [3.05, 3.63) is 41.7 Å². The molecular weight excluding hydrogens is 280 g/mol. The van der Waals surface area contributed by atoms with Crippen LogP contribution in [0.15, 0.2) is 30.6 Å². The first-order chi connectivity index (χ1) is 10.7. The van der Waals surface area contributed by atoms with Crippen LogP contribution in [0.5, 0.6) is 0 Å². The molecule has 2 heterocycles. The zero-order chi connectivity index (χ0) is 15.5. The van der Waals surface area contributed by atoms with Gasteiger partial charge >= 0.3 is 6.09 Å². The summed E-state index contributed by atoms with van der Waals surface area (Å²) in [6.45, 7) is 6.68. The lowest BCUT2D eigenvalue weighted by Gasteiger charge is -2.17. The molecule has 1 amide bonds. The number of nitrogens with zero attached hydrogens (tertiary/aromatic N) is 3. The Balaban J connectivity index is 1.73. The van der Waals surface area contributed by atoms with Crippen LogP contribution in [0.4, 0.5) is 16.2 Å². The smallest absolute Gasteiger partial charge is 0.414 e. The standard InChI is InChI=1S/C16H20N4O2/c1-3-19-11-13(10-18-19)9-17-14-5-4-12(2)15(8-14)20-6-7-22-16(20)21/h4-5,8,10-11,17H,3,6-7,9H2,1-2H3. The van der Waals surface area contributed by atoms with E-state index in [1.807, 2.05) is 42.2 Å². The Morgan fingerprint density at radius 3 is 2.95 bits per heavy atom. The first-order valence-electron chi connectivity index (χ1n) is 7.47. The monoisotopic (exact) mass is 300 g/mol. The van der Waals surface area contributed by atoms with Gasteiger partial charge in [-0.2, -0.15) is 5.10 Å². The minimum atomic E-state index is -0.274. The summed E-state index contributed by atoms with van der Waals surface area (Å²) >= 11 is 0. The molecule has 1 saturated heterocycles. The number of carbonyl (C=O) groups is 1. The van der Waals surface area contributed by atoms with E-state index >= 15 is 0 Å². The highest BCUT2D eigenvalue weighted by Crippen LogP contribution is 2.27. The molecule has 0 atom stereocenters. The molecule has 1 aliphatic rings. The third kappa shape index (κ3) is 2.90. The largest absolute Gasteiger partial charge is 0.447 e. The minimum absolute atomic E-state index is 0.274. The minimum Gasteiger partial charge on any atom is -0.447 e. The highest BCUT2D eigenvalue weighted by atomic mass is 16.6. The Bertz CT molecular complexity index is 681. The number of aromatic nitrogens is 2. The van der Waals surface area contributed by atoms with Crippen molar-refractivity contribution in [3.63, 3.8) is 0 Å². The Hall–Kier alpha value is -2.50. The lowest BCUT2D eigenvalue weighted by atomic mass is 10.1. The van der Waals surface area contributed by atoms with Gasteiger partial charge in [0, 0.05) is 30.5 Å². The van der Waals surface area contributed by atoms with Crippen molar-refractivity contribution in [1.82, 2.24) is 9.78 Å². The van der Waals surface area contributed by atoms with Crippen LogP contribution in [0.1, 0.15) is 18.1 Å². The molecule has 0 aliphatic carbocycles. The maximum absolute atomic E-state index is 11.7. The van der Waals surface area contributed by atoms with Gasteiger partial charge in [0.15, 0.2) is 0 Å². The Labute approximate surface area is 129 Å². The molecular formula is C16H20N4O2. The van der Waals surface area contributed by atoms with Crippen molar-refractivity contribution >= 4 is 17.5 Å². The third-order valence-corrected chi connectivity index (χ3v) is 3.77. The topological polar surface area (TPSA) is 59.4 Å². The fourth-order valence-electron chi connectivity index (χ4n) is 2.50. The van der Waals surface area contributed by atoms with Gasteiger partial charge in [-0.15, -0.1) is 0 Å². The third-order valence-electron chi connectivity index (χ3n) is 3.77. The summed E-state index contributed by atoms with van der Waals surface area (Å²) in [5.74, 6) is 0. The summed E-state index contributed by atoms with van der Waals surface area (Å²) in [6.07, 6.45) is 3.62. The first-order valence-corrected chi connectivity index (χ1v) is 7.47. The number of amides is 1. The van der Waals surface area contributed by atoms with Crippen molar-refractivity contribution in [2.75, 3.05) is 23.4 Å². The van der Waals surface area contributed by atoms with E-state index in [4.69, 9.17) is 4.74 Å². The lowest BCUT2D eigenvalue weighted by Crippen LogP contribution is -2.24. The van der Waals surface area contributed by atoms with Gasteiger partial charge in [-0.1, -0.05) is 6.07 Å². The predicted molar refractivity (Wildman–Crippen MR) is 85.1 cm³/mol. The summed E-state index contributed by atoms with van der Waals surface area (Å²) in [5, 5.41) is 7.63. The summed E-state index contributed by atoms with van der Waals surface area (Å²) in [5.41, 5.74) is 4.06. The fraction of sp³-hybridized carbons (Fsp3) is 0.375. The van der Waals surface area contributed by atoms with Crippen LogP contribution in [0.25, 0.3) is 0 Å². The summed E-state index contributed by atoms with van der Waals surface area (Å²) in [4.78, 5) is 13.4. The summed E-state index contributed by atoms with van der Waals surface area (Å²) in [6, 6.07) is 6.02. The van der Waals surface area contributed by atoms with E-state index in [2.05, 4.69) is 17.3 Å². The van der Waals surface area contributed by atoms with Crippen LogP contribution in [0, 0.1) is 6.92 Å². The Morgan fingerprint density at radius 2 is 2.27 bits per heavy atom. The number of carbonyl (C=O) groups excluding carboxylic acids is 1. The maximum atomic E-state index is 11.7. The second kappa shape index (κ2) is 6.09. The van der Waals surface area contributed by atoms with Crippen molar-refractivity contribution in [3.8, 4) is 0 Å². The molecule has 0 unspecified atom stereocenters. The van der Waals surface area contributed by atoms with E-state index in [9.17, 15) is 4.79 Å². The SMILES string of the molecule is CCn1cc(CNc2ccc(C)c(N3CCOC3=O)c2)cn1. The van der Waals surface area contributed by atoms with Gasteiger partial charge in [0.2, 0.25) is 0 Å². The second-order valence-corrected chi connectivity index (χ2v) is 5.33. The van der Waals surface area contributed by atoms with Gasteiger partial charge in [0.25, 0.3) is 0 Å². The predicted octanol–water partition coefficient (Wildman–Crippen LogP) is 2.78. The molecule has 2 aromatic rings. The van der Waals surface area contributed by atoms with E-state index in [1.54, 1.807) is 4.90 Å². The number of nitrogens with one attached hydrogen (secondary N) is 1. The van der Waals surface area contributed by atoms with Crippen LogP contribution in [-0.2, 0) is 17.8 Å². The average Bonchev–Trinajstić information content (AvgIpc) is 3.15. The molecule has 3 rings (SSSR count). The number of benzene rings is 1. The lowest BCUT2D eigenvalue weighted by molar-refractivity contribution is 0.181. The van der Waals surface area contributed by atoms with Crippen molar-refractivity contribution < 1.29 is 9.53 Å². The van der Waals surface area contributed by atoms with Crippen molar-refractivity contribution in [2.45, 2.75) is 26.9 Å². The van der Waals surface area contributed by atoms with Gasteiger partial charge in [-0.3, -0.25) is 9.58 Å². The van der Waals surface area contributed by atoms with E-state index < -0.39 is 0 Å². The van der Waals surface area contributed by atoms with Crippen LogP contribution in [0.2, 0.25) is 0 Å². The normalized spacial score (nSPS) is 14.3. The number of cyclic esters (lactones) is 1. The van der Waals surface area contributed by atoms with E-state index in [1.165, 1.54) is 0 Å². The molecule has 1 N–H and O–H groups in total. The second-order valence-electron chi connectivity index (χ2n) is 5.33. The number of hydrogen-bond acceptors (Lipinski definition) is 4. The number of hydrogen-bond donors (Lipinski definition) is 1. The van der Waals surface area contributed by atoms with Gasteiger partial charge < -0.3 is 10.1 Å². The molecule has 1 aromatic carbocycles. The fourth-order valence-corrected chi connectivity index (χ4v) is 2.50. The Kier molecular flexibility index (Phi) is 4.00. The van der Waals surface area contributed by atoms with Crippen LogP contribution >= 0.6 is 0 Å². The Morgan fingerprint density at radius 1 is 1.41 bits per heavy atom. The molecule has 1 fully saturated rings. The van der Waals surface area contributed by atoms with Crippen molar-refractivity contribution in [2.24, 2.45) is 0 Å². The highest BCUT2D eigenvalue weighted by Gasteiger charge is 2.24. The zero-order valence-corrected chi connectivity index (χ0v) is 12.9. The quantitative estimate of drug-likeness (QED) is 0.922. The van der Waals surface area contributed by atoms with Crippen LogP contribution in [0.3, 0.4) is 0 Å². The molecule has 116 valence electrons. The zero-order valence-electron chi connectivity index (χ0n) is 12.9. The maximum Gasteiger partial charge on any atom is 0.414 e. The molecule has 22 heavy (non-hydrogen) atoms. The van der Waals surface area contributed by atoms with Crippen LogP contribution < -0.4 is 10.2 Å². The molecule has 6 heteroatoms. The van der Waals surface area contributed by atoms with Gasteiger partial charge in [-0.05, 0) is 31.5 Å². The molecule has 6 nitrogen and oxygen atoms in total. The molecule has 0 spiro atoms. The number of anilines is 2. The van der Waals surface area contributed by atoms with Gasteiger partial charge in [0.1, 0.15) is 6.61 Å². The molecule has 0 saturated carbocycles. The summed E-state index contributed by atoms with van der Waals surface area (Å²) in [7, 11) is 0. The van der Waals surface area contributed by atoms with Gasteiger partial charge in [0.05, 0.1) is 18.4 Å². The number of ether oxygens (including phenoxy) is 1. The van der Waals surface area contributed by atoms with E-state index in [-0.39, 0.29) is 6.09 Å². The molecule has 0 radical (unpaired) electrons. The van der Waals surface area contributed by atoms with Crippen molar-refractivity contribution in [1.29, 1.82) is 0 Å². The number of rotatable bonds is 5. The van der Waals surface area contributed by atoms with Gasteiger partial charge in [-0.25, -0.2) is 4.79 Å². The van der Waals surface area contributed by atoms with E-state index in [0.717, 1.165) is 29.0 Å².